The number of hydrogen-bond acceptors (Lipinski definition) is 3. The van der Waals surface area contributed by atoms with Crippen molar-refractivity contribution in [3.8, 4) is 0 Å². The van der Waals surface area contributed by atoms with Crippen molar-refractivity contribution in [3.63, 3.8) is 0 Å². The maximum Gasteiger partial charge on any atom is 0.0896 e. The molecule has 3 nitrogen and oxygen atoms in total. The maximum absolute atomic E-state index is 10.3. The van der Waals surface area contributed by atoms with E-state index in [1.807, 2.05) is 24.4 Å². The number of hydrogen-bond donors (Lipinski definition) is 1. The standard InChI is InChI=1S/C15H14N2O/c18-13-7-3-6-11-15(13)14-9-4-1-2-5-10(9)17-12(14)8-16-11/h1-2,4-5,8,11,13,18H,3,6-7H2. The Morgan fingerprint density at radius 1 is 1.17 bits per heavy atom. The van der Waals surface area contributed by atoms with Crippen LogP contribution in [0, 0.1) is 0 Å². The van der Waals surface area contributed by atoms with Crippen LogP contribution in [-0.4, -0.2) is 29.2 Å². The van der Waals surface area contributed by atoms with Gasteiger partial charge >= 0.3 is 0 Å². The van der Waals surface area contributed by atoms with Gasteiger partial charge in [-0.2, -0.15) is 0 Å². The summed E-state index contributed by atoms with van der Waals surface area (Å²) in [4.78, 5) is 9.15. The summed E-state index contributed by atoms with van der Waals surface area (Å²) in [5.41, 5.74) is 5.30. The van der Waals surface area contributed by atoms with Gasteiger partial charge in [0.25, 0.3) is 0 Å². The summed E-state index contributed by atoms with van der Waals surface area (Å²) in [7, 11) is 0. The predicted octanol–water partition coefficient (Wildman–Crippen LogP) is 2.52. The zero-order valence-corrected chi connectivity index (χ0v) is 10.0. The minimum Gasteiger partial charge on any atom is -0.389 e. The molecule has 4 rings (SSSR count). The van der Waals surface area contributed by atoms with Crippen LogP contribution in [0.2, 0.25) is 0 Å². The van der Waals surface area contributed by atoms with Gasteiger partial charge in [0.1, 0.15) is 0 Å². The maximum atomic E-state index is 10.3. The highest BCUT2D eigenvalue weighted by Gasteiger charge is 2.35. The predicted molar refractivity (Wildman–Crippen MR) is 72.6 cm³/mol. The van der Waals surface area contributed by atoms with Crippen LogP contribution in [0.5, 0.6) is 0 Å². The minimum absolute atomic E-state index is 0.161. The first-order chi connectivity index (χ1) is 8.84. The Morgan fingerprint density at radius 3 is 3.00 bits per heavy atom. The third-order valence-corrected chi connectivity index (χ3v) is 4.01. The zero-order valence-electron chi connectivity index (χ0n) is 10.0. The van der Waals surface area contributed by atoms with E-state index in [4.69, 9.17) is 0 Å². The number of benzene rings is 1. The fraction of sp³-hybridized carbons (Fsp3) is 0.333. The molecule has 1 aromatic carbocycles. The molecule has 0 saturated heterocycles. The second-order valence-corrected chi connectivity index (χ2v) is 5.09. The van der Waals surface area contributed by atoms with E-state index >= 15 is 0 Å². The average Bonchev–Trinajstić information content (AvgIpc) is 2.77. The van der Waals surface area contributed by atoms with Crippen molar-refractivity contribution in [1.82, 2.24) is 0 Å². The number of dihydropyridines is 1. The molecule has 2 heterocycles. The molecule has 1 N–H and O–H groups in total. The molecule has 1 aromatic rings. The van der Waals surface area contributed by atoms with E-state index in [0.717, 1.165) is 47.4 Å². The molecule has 2 atom stereocenters. The number of rotatable bonds is 0. The molecule has 0 radical (unpaired) electrons. The van der Waals surface area contributed by atoms with Crippen LogP contribution in [0.25, 0.3) is 5.57 Å². The van der Waals surface area contributed by atoms with E-state index in [0.29, 0.717) is 0 Å². The molecular weight excluding hydrogens is 224 g/mol. The second-order valence-electron chi connectivity index (χ2n) is 5.09. The van der Waals surface area contributed by atoms with Crippen molar-refractivity contribution < 1.29 is 5.11 Å². The molecular formula is C15H14N2O. The van der Waals surface area contributed by atoms with Gasteiger partial charge in [0.15, 0.2) is 0 Å². The Bertz CT molecular complexity index is 613. The largest absolute Gasteiger partial charge is 0.389 e. The van der Waals surface area contributed by atoms with Gasteiger partial charge in [-0.05, 0) is 30.9 Å². The number of aliphatic imine (C=N–C) groups is 2. The lowest BCUT2D eigenvalue weighted by molar-refractivity contribution is 0.173. The van der Waals surface area contributed by atoms with Crippen LogP contribution in [0.15, 0.2) is 39.8 Å². The van der Waals surface area contributed by atoms with Crippen LogP contribution < -0.4 is 0 Å². The van der Waals surface area contributed by atoms with Crippen molar-refractivity contribution >= 4 is 23.2 Å². The lowest BCUT2D eigenvalue weighted by Gasteiger charge is -2.31. The lowest BCUT2D eigenvalue weighted by Crippen LogP contribution is -2.31. The van der Waals surface area contributed by atoms with E-state index in [1.165, 1.54) is 0 Å². The molecule has 90 valence electrons. The molecule has 2 aliphatic heterocycles. The molecule has 0 bridgehead atoms. The Labute approximate surface area is 106 Å². The van der Waals surface area contributed by atoms with Crippen LogP contribution >= 0.6 is 0 Å². The van der Waals surface area contributed by atoms with Gasteiger partial charge < -0.3 is 5.11 Å². The first-order valence-electron chi connectivity index (χ1n) is 6.48. The highest BCUT2D eigenvalue weighted by Crippen LogP contribution is 2.42. The molecule has 1 fully saturated rings. The highest BCUT2D eigenvalue weighted by atomic mass is 16.3. The van der Waals surface area contributed by atoms with E-state index in [1.54, 1.807) is 0 Å². The molecule has 0 spiro atoms. The van der Waals surface area contributed by atoms with Gasteiger partial charge in [-0.15, -0.1) is 0 Å². The second kappa shape index (κ2) is 3.62. The Hall–Kier alpha value is -1.74. The van der Waals surface area contributed by atoms with E-state index in [9.17, 15) is 5.11 Å². The van der Waals surface area contributed by atoms with Gasteiger partial charge in [0.05, 0.1) is 23.5 Å². The monoisotopic (exact) mass is 238 g/mol. The van der Waals surface area contributed by atoms with E-state index in [2.05, 4.69) is 16.1 Å². The Balaban J connectivity index is 1.97. The van der Waals surface area contributed by atoms with Gasteiger partial charge in [-0.25, -0.2) is 4.99 Å². The van der Waals surface area contributed by atoms with Crippen molar-refractivity contribution in [2.75, 3.05) is 0 Å². The van der Waals surface area contributed by atoms with Crippen molar-refractivity contribution in [3.05, 3.63) is 35.4 Å². The summed E-state index contributed by atoms with van der Waals surface area (Å²) in [5.74, 6) is 0. The van der Waals surface area contributed by atoms with Crippen LogP contribution in [-0.2, 0) is 0 Å². The first kappa shape index (κ1) is 10.2. The molecule has 1 aliphatic carbocycles. The number of fused-ring (bicyclic) bond motifs is 4. The van der Waals surface area contributed by atoms with Crippen molar-refractivity contribution in [2.24, 2.45) is 9.98 Å². The van der Waals surface area contributed by atoms with Crippen molar-refractivity contribution in [2.45, 2.75) is 31.4 Å². The summed E-state index contributed by atoms with van der Waals surface area (Å²) in [6, 6.07) is 8.30. The molecule has 3 heteroatoms. The summed E-state index contributed by atoms with van der Waals surface area (Å²) < 4.78 is 0. The molecule has 0 aromatic heterocycles. The highest BCUT2D eigenvalue weighted by molar-refractivity contribution is 6.54. The molecule has 1 saturated carbocycles. The molecule has 0 amide bonds. The van der Waals surface area contributed by atoms with Gasteiger partial charge in [-0.3, -0.25) is 4.99 Å². The summed E-state index contributed by atoms with van der Waals surface area (Å²) >= 11 is 0. The lowest BCUT2D eigenvalue weighted by atomic mass is 9.80. The number of para-hydroxylation sites is 1. The topological polar surface area (TPSA) is 45.0 Å². The van der Waals surface area contributed by atoms with Gasteiger partial charge in [0.2, 0.25) is 0 Å². The van der Waals surface area contributed by atoms with E-state index < -0.39 is 0 Å². The first-order valence-corrected chi connectivity index (χ1v) is 6.48. The number of nitrogens with zero attached hydrogens (tertiary/aromatic N) is 2. The smallest absolute Gasteiger partial charge is 0.0896 e. The summed E-state index contributed by atoms with van der Waals surface area (Å²) in [5, 5.41) is 10.3. The van der Waals surface area contributed by atoms with Crippen LogP contribution in [0.3, 0.4) is 0 Å². The Kier molecular flexibility index (Phi) is 2.06. The van der Waals surface area contributed by atoms with Crippen LogP contribution in [0.4, 0.5) is 5.69 Å². The van der Waals surface area contributed by atoms with Crippen molar-refractivity contribution in [1.29, 1.82) is 0 Å². The fourth-order valence-corrected chi connectivity index (χ4v) is 3.19. The third kappa shape index (κ3) is 1.28. The number of aliphatic hydroxyl groups excluding tert-OH is 1. The molecule has 18 heavy (non-hydrogen) atoms. The fourth-order valence-electron chi connectivity index (χ4n) is 3.19. The third-order valence-electron chi connectivity index (χ3n) is 4.01. The molecule has 2 unspecified atom stereocenters. The Morgan fingerprint density at radius 2 is 2.06 bits per heavy atom. The quantitative estimate of drug-likeness (QED) is 0.741. The van der Waals surface area contributed by atoms with Gasteiger partial charge in [-0.1, -0.05) is 18.2 Å². The number of allylic oxidation sites excluding steroid dienone is 1. The molecule has 3 aliphatic rings. The minimum atomic E-state index is -0.354. The zero-order chi connectivity index (χ0) is 12.1. The van der Waals surface area contributed by atoms with E-state index in [-0.39, 0.29) is 12.1 Å². The van der Waals surface area contributed by atoms with Gasteiger partial charge in [0, 0.05) is 17.4 Å². The van der Waals surface area contributed by atoms with Crippen LogP contribution in [0.1, 0.15) is 24.8 Å². The SMILES string of the molecule is OC1CCCC2N=CC3=Nc4ccccc4C3=C12. The normalized spacial score (nSPS) is 28.6. The average molecular weight is 238 g/mol. The summed E-state index contributed by atoms with van der Waals surface area (Å²) in [6.07, 6.45) is 4.46. The number of aliphatic hydroxyl groups is 1. The summed E-state index contributed by atoms with van der Waals surface area (Å²) in [6.45, 7) is 0.